The number of aromatic nitrogens is 2. The maximum absolute atomic E-state index is 4.27. The number of hydrogen-bond acceptors (Lipinski definition) is 3. The van der Waals surface area contributed by atoms with Crippen molar-refractivity contribution in [1.29, 1.82) is 0 Å². The zero-order valence-electron chi connectivity index (χ0n) is 14.3. The number of H-pyrrole nitrogens is 1. The number of nitrogens with one attached hydrogen (secondary N) is 3. The largest absolute Gasteiger partial charge is 0.361 e. The van der Waals surface area contributed by atoms with E-state index in [0.29, 0.717) is 0 Å². The first-order valence-electron chi connectivity index (χ1n) is 8.08. The summed E-state index contributed by atoms with van der Waals surface area (Å²) in [5, 5.41) is 9.08. The van der Waals surface area contributed by atoms with Gasteiger partial charge in [0.2, 0.25) is 0 Å². The highest BCUT2D eigenvalue weighted by Gasteiger charge is 2.05. The van der Waals surface area contributed by atoms with Crippen LogP contribution in [0.15, 0.2) is 35.6 Å². The molecule has 3 aromatic rings. The molecule has 5 nitrogen and oxygen atoms in total. The van der Waals surface area contributed by atoms with Gasteiger partial charge in [0.25, 0.3) is 0 Å². The molecular formula is C18H23N5S. The zero-order valence-corrected chi connectivity index (χ0v) is 15.1. The van der Waals surface area contributed by atoms with Crippen molar-refractivity contribution in [2.75, 3.05) is 13.6 Å². The third-order valence-corrected chi connectivity index (χ3v) is 4.85. The van der Waals surface area contributed by atoms with Crippen molar-refractivity contribution < 1.29 is 0 Å². The van der Waals surface area contributed by atoms with E-state index in [-0.39, 0.29) is 0 Å². The Kier molecular flexibility index (Phi) is 5.15. The van der Waals surface area contributed by atoms with Crippen molar-refractivity contribution in [2.45, 2.75) is 26.8 Å². The summed E-state index contributed by atoms with van der Waals surface area (Å²) in [6.07, 6.45) is 4.96. The molecule has 6 heteroatoms. The van der Waals surface area contributed by atoms with Gasteiger partial charge in [-0.15, -0.1) is 11.3 Å². The topological polar surface area (TPSA) is 65.1 Å². The first-order valence-corrected chi connectivity index (χ1v) is 8.90. The molecule has 0 bridgehead atoms. The molecule has 2 aromatic heterocycles. The molecule has 0 amide bonds. The Labute approximate surface area is 146 Å². The number of hydrogen-bond donors (Lipinski definition) is 3. The fourth-order valence-corrected chi connectivity index (χ4v) is 3.44. The molecule has 0 radical (unpaired) electrons. The molecule has 0 atom stereocenters. The van der Waals surface area contributed by atoms with Gasteiger partial charge < -0.3 is 15.6 Å². The van der Waals surface area contributed by atoms with Crippen molar-refractivity contribution in [2.24, 2.45) is 4.99 Å². The highest BCUT2D eigenvalue weighted by molar-refractivity contribution is 7.11. The van der Waals surface area contributed by atoms with Gasteiger partial charge in [0.05, 0.1) is 11.6 Å². The van der Waals surface area contributed by atoms with E-state index in [0.717, 1.165) is 30.5 Å². The third kappa shape index (κ3) is 3.94. The minimum Gasteiger partial charge on any atom is -0.361 e. The second kappa shape index (κ2) is 7.49. The molecule has 0 aliphatic heterocycles. The Hall–Kier alpha value is -2.34. The van der Waals surface area contributed by atoms with Crippen LogP contribution in [-0.2, 0) is 13.0 Å². The van der Waals surface area contributed by atoms with Crippen molar-refractivity contribution in [3.63, 3.8) is 0 Å². The minimum absolute atomic E-state index is 0.748. The number of aliphatic imine (C=N–C) groups is 1. The molecule has 0 aliphatic carbocycles. The number of thiazole rings is 1. The zero-order chi connectivity index (χ0) is 16.9. The summed E-state index contributed by atoms with van der Waals surface area (Å²) < 4.78 is 0. The maximum atomic E-state index is 4.27. The highest BCUT2D eigenvalue weighted by Crippen LogP contribution is 2.19. The van der Waals surface area contributed by atoms with E-state index in [9.17, 15) is 0 Å². The molecule has 0 aliphatic rings. The van der Waals surface area contributed by atoms with Crippen molar-refractivity contribution >= 4 is 28.2 Å². The fraction of sp³-hybridized carbons (Fsp3) is 0.333. The van der Waals surface area contributed by atoms with E-state index >= 15 is 0 Å². The minimum atomic E-state index is 0.748. The normalized spacial score (nSPS) is 11.9. The van der Waals surface area contributed by atoms with Gasteiger partial charge in [-0.1, -0.05) is 12.1 Å². The number of aryl methyl sites for hydroxylation is 2. The molecule has 24 heavy (non-hydrogen) atoms. The van der Waals surface area contributed by atoms with Crippen LogP contribution in [0.2, 0.25) is 0 Å². The van der Waals surface area contributed by atoms with E-state index in [1.807, 2.05) is 13.1 Å². The van der Waals surface area contributed by atoms with Crippen LogP contribution in [-0.4, -0.2) is 29.5 Å². The lowest BCUT2D eigenvalue weighted by molar-refractivity contribution is 0.800. The molecule has 0 saturated carbocycles. The van der Waals surface area contributed by atoms with Gasteiger partial charge in [0.1, 0.15) is 0 Å². The van der Waals surface area contributed by atoms with Gasteiger partial charge in [-0.3, -0.25) is 4.99 Å². The van der Waals surface area contributed by atoms with Crippen LogP contribution in [0.4, 0.5) is 0 Å². The van der Waals surface area contributed by atoms with Crippen molar-refractivity contribution in [3.8, 4) is 0 Å². The first-order chi connectivity index (χ1) is 11.7. The van der Waals surface area contributed by atoms with E-state index in [1.165, 1.54) is 26.9 Å². The van der Waals surface area contributed by atoms with E-state index in [4.69, 9.17) is 0 Å². The maximum Gasteiger partial charge on any atom is 0.191 e. The lowest BCUT2D eigenvalue weighted by atomic mass is 10.1. The molecule has 2 heterocycles. The van der Waals surface area contributed by atoms with Gasteiger partial charge in [-0.2, -0.15) is 0 Å². The monoisotopic (exact) mass is 341 g/mol. The van der Waals surface area contributed by atoms with Gasteiger partial charge in [0, 0.05) is 41.8 Å². The lowest BCUT2D eigenvalue weighted by Gasteiger charge is -2.10. The second-order valence-corrected chi connectivity index (χ2v) is 7.13. The van der Waals surface area contributed by atoms with Crippen LogP contribution < -0.4 is 10.6 Å². The summed E-state index contributed by atoms with van der Waals surface area (Å²) in [6.45, 7) is 5.71. The number of aromatic amines is 1. The van der Waals surface area contributed by atoms with Crippen molar-refractivity contribution in [1.82, 2.24) is 20.6 Å². The van der Waals surface area contributed by atoms with E-state index in [1.54, 1.807) is 18.4 Å². The lowest BCUT2D eigenvalue weighted by Crippen LogP contribution is -2.37. The Morgan fingerprint density at radius 1 is 1.29 bits per heavy atom. The Bertz CT molecular complexity index is 846. The average molecular weight is 341 g/mol. The fourth-order valence-electron chi connectivity index (χ4n) is 2.70. The Morgan fingerprint density at radius 3 is 2.92 bits per heavy atom. The van der Waals surface area contributed by atoms with Crippen LogP contribution in [0.1, 0.15) is 21.0 Å². The number of rotatable bonds is 5. The Morgan fingerprint density at radius 2 is 2.17 bits per heavy atom. The molecule has 0 fully saturated rings. The predicted molar refractivity (Wildman–Crippen MR) is 102 cm³/mol. The summed E-state index contributed by atoms with van der Waals surface area (Å²) in [4.78, 5) is 13.1. The van der Waals surface area contributed by atoms with Crippen LogP contribution in [0.25, 0.3) is 10.9 Å². The van der Waals surface area contributed by atoms with Crippen LogP contribution >= 0.6 is 11.3 Å². The first kappa shape index (κ1) is 16.5. The van der Waals surface area contributed by atoms with Gasteiger partial charge in [0.15, 0.2) is 5.96 Å². The number of nitrogens with zero attached hydrogens (tertiary/aromatic N) is 2. The predicted octanol–water partition coefficient (Wildman–Crippen LogP) is 3.15. The quantitative estimate of drug-likeness (QED) is 0.493. The summed E-state index contributed by atoms with van der Waals surface area (Å²) in [5.41, 5.74) is 3.80. The number of benzene rings is 1. The van der Waals surface area contributed by atoms with Crippen LogP contribution in [0.5, 0.6) is 0 Å². The highest BCUT2D eigenvalue weighted by atomic mass is 32.1. The summed E-state index contributed by atoms with van der Waals surface area (Å²) in [7, 11) is 1.79. The van der Waals surface area contributed by atoms with Gasteiger partial charge >= 0.3 is 0 Å². The summed E-state index contributed by atoms with van der Waals surface area (Å²) in [6, 6.07) is 6.53. The van der Waals surface area contributed by atoms with E-state index in [2.05, 4.69) is 56.9 Å². The summed E-state index contributed by atoms with van der Waals surface area (Å²) >= 11 is 1.70. The molecule has 3 N–H and O–H groups in total. The van der Waals surface area contributed by atoms with Crippen molar-refractivity contribution in [3.05, 3.63) is 51.6 Å². The molecule has 0 spiro atoms. The Balaban J connectivity index is 1.52. The molecule has 3 rings (SSSR count). The third-order valence-electron chi connectivity index (χ3n) is 3.93. The smallest absolute Gasteiger partial charge is 0.191 e. The standard InChI is InChI=1S/C18H23N5S/c1-12-4-5-16-14(9-22-17(16)8-12)6-7-20-18(19-3)23-11-15-10-21-13(2)24-15/h4-5,8-10,22H,6-7,11H2,1-3H3,(H2,19,20,23). The van der Waals surface area contributed by atoms with Gasteiger partial charge in [-0.25, -0.2) is 4.98 Å². The molecule has 0 saturated heterocycles. The van der Waals surface area contributed by atoms with Gasteiger partial charge in [-0.05, 0) is 37.5 Å². The average Bonchev–Trinajstić information content (AvgIpc) is 3.16. The molecule has 0 unspecified atom stereocenters. The summed E-state index contributed by atoms with van der Waals surface area (Å²) in [5.74, 6) is 0.816. The van der Waals surface area contributed by atoms with Crippen LogP contribution in [0.3, 0.4) is 0 Å². The van der Waals surface area contributed by atoms with E-state index < -0.39 is 0 Å². The number of fused-ring (bicyclic) bond motifs is 1. The molecule has 1 aromatic carbocycles. The SMILES string of the molecule is CN=C(NCCc1c[nH]c2cc(C)ccc12)NCc1cnc(C)s1. The number of guanidine groups is 1. The van der Waals surface area contributed by atoms with Crippen LogP contribution in [0, 0.1) is 13.8 Å². The molecule has 126 valence electrons. The second-order valence-electron chi connectivity index (χ2n) is 5.81. The molecular weight excluding hydrogens is 318 g/mol.